The van der Waals surface area contributed by atoms with Gasteiger partial charge in [0, 0.05) is 13.0 Å². The number of carbonyl (C=O) groups excluding carboxylic acids is 9. The van der Waals surface area contributed by atoms with E-state index in [2.05, 4.69) is 37.3 Å². The van der Waals surface area contributed by atoms with Crippen molar-refractivity contribution >= 4 is 52.9 Å². The van der Waals surface area contributed by atoms with Crippen LogP contribution in [0.2, 0.25) is 0 Å². The summed E-state index contributed by atoms with van der Waals surface area (Å²) in [4.78, 5) is 117. The maximum absolute atomic E-state index is 13.5. The van der Waals surface area contributed by atoms with Gasteiger partial charge < -0.3 is 58.7 Å². The molecule has 1 aliphatic rings. The summed E-state index contributed by atoms with van der Waals surface area (Å²) in [6, 6.07) is -2.64. The fourth-order valence-corrected chi connectivity index (χ4v) is 5.44. The van der Waals surface area contributed by atoms with Gasteiger partial charge in [-0.3, -0.25) is 49.0 Å². The molecular weight excluding hydrogens is 740 g/mol. The van der Waals surface area contributed by atoms with Gasteiger partial charge in [-0.2, -0.15) is 0 Å². The van der Waals surface area contributed by atoms with E-state index < -0.39 is 127 Å². The molecule has 2 unspecified atom stereocenters. The number of hydrogen-bond donors (Lipinski definition) is 13. The molecule has 2 rings (SSSR count). The van der Waals surface area contributed by atoms with Crippen molar-refractivity contribution in [1.82, 2.24) is 37.3 Å². The van der Waals surface area contributed by atoms with E-state index in [0.717, 1.165) is 6.92 Å². The van der Waals surface area contributed by atoms with E-state index >= 15 is 0 Å². The lowest BCUT2D eigenvalue weighted by atomic mass is 9.97. The van der Waals surface area contributed by atoms with Gasteiger partial charge in [-0.15, -0.1) is 0 Å². The number of amides is 7. The molecule has 0 bridgehead atoms. The summed E-state index contributed by atoms with van der Waals surface area (Å²) in [5.41, 5.74) is 14.1. The number of ketones is 2. The smallest absolute Gasteiger partial charge is 0.245 e. The van der Waals surface area contributed by atoms with E-state index in [0.29, 0.717) is 18.4 Å². The largest absolute Gasteiger partial charge is 0.394 e. The molecule has 8 atom stereocenters. The summed E-state index contributed by atoms with van der Waals surface area (Å²) in [5, 5.41) is 44.0. The molecule has 310 valence electrons. The van der Waals surface area contributed by atoms with Crippen molar-refractivity contribution < 1.29 is 58.5 Å². The van der Waals surface area contributed by atoms with Crippen LogP contribution in [0.4, 0.5) is 0 Å². The summed E-state index contributed by atoms with van der Waals surface area (Å²) in [6.07, 6.45) is -2.45. The zero-order valence-corrected chi connectivity index (χ0v) is 30.8. The average Bonchev–Trinajstić information content (AvgIpc) is 3.16. The molecule has 0 radical (unpaired) electrons. The summed E-state index contributed by atoms with van der Waals surface area (Å²) in [7, 11) is 0. The summed E-state index contributed by atoms with van der Waals surface area (Å²) < 4.78 is 0. The first-order valence-corrected chi connectivity index (χ1v) is 17.8. The SMILES string of the molecule is C[C@@H](O)[C@@H]1NC(=O)[C@H](CC(N)=O)NC(=O)C(N)CCCCNC(=O)CCC(C(=O)N[C@@H](CO)C(=O)C(=O)[C@H](Cc2ccccc2)NN)NC(=O)[C@H](CO)NC1=O. The summed E-state index contributed by atoms with van der Waals surface area (Å²) in [6.45, 7) is -0.940. The predicted octanol–water partition coefficient (Wildman–Crippen LogP) is -6.73. The predicted molar refractivity (Wildman–Crippen MR) is 195 cm³/mol. The van der Waals surface area contributed by atoms with Crippen LogP contribution in [0.15, 0.2) is 30.3 Å². The van der Waals surface area contributed by atoms with Crippen LogP contribution in [0.25, 0.3) is 0 Å². The molecule has 1 aromatic carbocycles. The minimum atomic E-state index is -1.84. The molecule has 1 fully saturated rings. The van der Waals surface area contributed by atoms with E-state index in [-0.39, 0.29) is 25.8 Å². The van der Waals surface area contributed by atoms with Gasteiger partial charge in [0.05, 0.1) is 37.8 Å². The monoisotopic (exact) mass is 792 g/mol. The quantitative estimate of drug-likeness (QED) is 0.0502. The van der Waals surface area contributed by atoms with Crippen LogP contribution in [0, 0.1) is 0 Å². The Labute approximate surface area is 321 Å². The number of nitrogens with one attached hydrogen (secondary N) is 7. The number of rotatable bonds is 13. The number of carbonyl (C=O) groups is 9. The van der Waals surface area contributed by atoms with Crippen LogP contribution in [-0.4, -0.2) is 136 Å². The highest BCUT2D eigenvalue weighted by Crippen LogP contribution is 2.08. The third-order valence-electron chi connectivity index (χ3n) is 8.67. The highest BCUT2D eigenvalue weighted by molar-refractivity contribution is 6.41. The van der Waals surface area contributed by atoms with Crippen molar-refractivity contribution in [2.24, 2.45) is 17.3 Å². The Morgan fingerprint density at radius 2 is 1.46 bits per heavy atom. The maximum atomic E-state index is 13.5. The van der Waals surface area contributed by atoms with E-state index in [1.807, 2.05) is 0 Å². The third kappa shape index (κ3) is 15.0. The van der Waals surface area contributed by atoms with E-state index in [9.17, 15) is 58.5 Å². The second kappa shape index (κ2) is 23.5. The molecule has 16 N–H and O–H groups in total. The molecule has 22 nitrogen and oxygen atoms in total. The lowest BCUT2D eigenvalue weighted by Gasteiger charge is -2.27. The molecule has 1 aliphatic heterocycles. The van der Waals surface area contributed by atoms with Gasteiger partial charge in [-0.25, -0.2) is 5.43 Å². The van der Waals surface area contributed by atoms with Crippen molar-refractivity contribution in [1.29, 1.82) is 0 Å². The number of Topliss-reactive ketones (excluding diaryl/α,β-unsaturated/α-hetero) is 2. The van der Waals surface area contributed by atoms with Crippen molar-refractivity contribution in [3.05, 3.63) is 35.9 Å². The third-order valence-corrected chi connectivity index (χ3v) is 8.67. The number of hydrazine groups is 1. The number of nitrogens with two attached hydrogens (primary N) is 3. The number of primary amides is 1. The van der Waals surface area contributed by atoms with Gasteiger partial charge in [-0.1, -0.05) is 30.3 Å². The van der Waals surface area contributed by atoms with Crippen molar-refractivity contribution in [3.63, 3.8) is 0 Å². The highest BCUT2D eigenvalue weighted by atomic mass is 16.3. The first-order valence-electron chi connectivity index (χ1n) is 17.8. The fraction of sp³-hybridized carbons (Fsp3) is 0.559. The zero-order chi connectivity index (χ0) is 41.9. The van der Waals surface area contributed by atoms with E-state index in [1.54, 1.807) is 30.3 Å². The van der Waals surface area contributed by atoms with Crippen LogP contribution >= 0.6 is 0 Å². The van der Waals surface area contributed by atoms with Gasteiger partial charge in [0.1, 0.15) is 30.2 Å². The van der Waals surface area contributed by atoms with Gasteiger partial charge in [-0.05, 0) is 44.6 Å². The molecule has 1 saturated heterocycles. The number of hydrogen-bond acceptors (Lipinski definition) is 15. The molecule has 22 heteroatoms. The Morgan fingerprint density at radius 3 is 2.05 bits per heavy atom. The van der Waals surface area contributed by atoms with Gasteiger partial charge in [0.15, 0.2) is 0 Å². The Bertz CT molecular complexity index is 1560. The molecule has 7 amide bonds. The molecular formula is C34H52N10O12. The minimum absolute atomic E-state index is 0.00849. The number of aliphatic hydroxyl groups is 3. The van der Waals surface area contributed by atoms with Gasteiger partial charge >= 0.3 is 0 Å². The molecule has 56 heavy (non-hydrogen) atoms. The number of aliphatic hydroxyl groups excluding tert-OH is 3. The molecule has 0 aromatic heterocycles. The number of benzene rings is 1. The molecule has 1 heterocycles. The van der Waals surface area contributed by atoms with Crippen molar-refractivity contribution in [3.8, 4) is 0 Å². The lowest BCUT2D eigenvalue weighted by Crippen LogP contribution is -2.62. The second-order valence-corrected chi connectivity index (χ2v) is 13.1. The van der Waals surface area contributed by atoms with Crippen LogP contribution in [0.1, 0.15) is 51.0 Å². The topological polar surface area (TPSA) is 377 Å². The van der Waals surface area contributed by atoms with Crippen LogP contribution in [0.5, 0.6) is 0 Å². The Morgan fingerprint density at radius 1 is 0.839 bits per heavy atom. The van der Waals surface area contributed by atoms with E-state index in [4.69, 9.17) is 17.3 Å². The van der Waals surface area contributed by atoms with E-state index in [1.165, 1.54) is 0 Å². The Balaban J connectivity index is 2.36. The van der Waals surface area contributed by atoms with Gasteiger partial charge in [0.25, 0.3) is 0 Å². The summed E-state index contributed by atoms with van der Waals surface area (Å²) >= 11 is 0. The van der Waals surface area contributed by atoms with Crippen LogP contribution in [-0.2, 0) is 49.6 Å². The zero-order valence-electron chi connectivity index (χ0n) is 30.8. The average molecular weight is 793 g/mol. The molecule has 0 aliphatic carbocycles. The normalized spacial score (nSPS) is 24.0. The maximum Gasteiger partial charge on any atom is 0.245 e. The molecule has 1 aromatic rings. The standard InChI is InChI=1S/C34H52N10O12/c1-17(47)27-34(56)42-24(16-46)33(55)39-20(31(53)41-23(15-45)29(51)28(50)21(44-37)13-18-7-3-2-4-8-18)10-11-26(49)38-12-6-5-9-19(35)30(52)40-22(14-25(36)48)32(54)43-27/h2-4,7-8,17,19-24,27,44-47H,5-6,9-16,35,37H2,1H3,(H2,36,48)(H,38,49)(H,39,55)(H,40,52)(H,41,53)(H,42,56)(H,43,54)/t17-,19?,20?,21+,22+,23+,24+,27+/m1/s1. The minimum Gasteiger partial charge on any atom is -0.394 e. The van der Waals surface area contributed by atoms with Crippen molar-refractivity contribution in [2.75, 3.05) is 19.8 Å². The fourth-order valence-electron chi connectivity index (χ4n) is 5.44. The van der Waals surface area contributed by atoms with Crippen molar-refractivity contribution in [2.45, 2.75) is 100 Å². The lowest BCUT2D eigenvalue weighted by molar-refractivity contribution is -0.141. The second-order valence-electron chi connectivity index (χ2n) is 13.1. The van der Waals surface area contributed by atoms with Crippen LogP contribution < -0.4 is 54.6 Å². The first kappa shape index (κ1) is 46.8. The Kier molecular flexibility index (Phi) is 19.6. The molecule has 0 spiro atoms. The first-order chi connectivity index (χ1) is 26.5. The van der Waals surface area contributed by atoms with Crippen LogP contribution in [0.3, 0.4) is 0 Å². The molecule has 0 saturated carbocycles. The highest BCUT2D eigenvalue weighted by Gasteiger charge is 2.36. The summed E-state index contributed by atoms with van der Waals surface area (Å²) in [5.74, 6) is -3.88. The Hall–Kier alpha value is -5.39. The van der Waals surface area contributed by atoms with Gasteiger partial charge in [0.2, 0.25) is 52.9 Å².